The Balaban J connectivity index is 2.32. The topological polar surface area (TPSA) is 78.9 Å². The van der Waals surface area contributed by atoms with Crippen LogP contribution >= 0.6 is 0 Å². The molecule has 0 aromatic carbocycles. The molecule has 1 heterocycles. The molecule has 0 aromatic heterocycles. The lowest BCUT2D eigenvalue weighted by Crippen LogP contribution is -2.41. The van der Waals surface area contributed by atoms with Crippen LogP contribution in [0.1, 0.15) is 47.0 Å². The number of amides is 1. The Morgan fingerprint density at radius 2 is 2.10 bits per heavy atom. The summed E-state index contributed by atoms with van der Waals surface area (Å²) in [7, 11) is 0. The zero-order valence-electron chi connectivity index (χ0n) is 12.8. The molecule has 0 aromatic rings. The van der Waals surface area contributed by atoms with E-state index in [9.17, 15) is 9.59 Å². The van der Waals surface area contributed by atoms with E-state index < -0.39 is 11.6 Å². The number of aliphatic carboxylic acids is 1. The van der Waals surface area contributed by atoms with Gasteiger partial charge in [0.25, 0.3) is 0 Å². The largest absolute Gasteiger partial charge is 0.481 e. The first-order valence-corrected chi connectivity index (χ1v) is 7.13. The Bertz CT molecular complexity index is 352. The Labute approximate surface area is 120 Å². The summed E-state index contributed by atoms with van der Waals surface area (Å²) in [4.78, 5) is 24.1. The third-order valence-corrected chi connectivity index (χ3v) is 3.15. The number of nitrogens with zero attached hydrogens (tertiary/aromatic N) is 1. The molecule has 1 aliphatic heterocycles. The van der Waals surface area contributed by atoms with Gasteiger partial charge in [0.1, 0.15) is 5.60 Å². The van der Waals surface area contributed by atoms with Gasteiger partial charge in [-0.05, 0) is 40.5 Å². The molecule has 2 atom stereocenters. The number of carbonyl (C=O) groups is 2. The van der Waals surface area contributed by atoms with Crippen molar-refractivity contribution in [1.82, 2.24) is 10.2 Å². The molecule has 0 bridgehead atoms. The Hall–Kier alpha value is -1.30. The average molecular weight is 286 g/mol. The maximum atomic E-state index is 11.9. The Kier molecular flexibility index (Phi) is 5.80. The molecular weight excluding hydrogens is 260 g/mol. The fourth-order valence-electron chi connectivity index (χ4n) is 2.21. The van der Waals surface area contributed by atoms with Gasteiger partial charge in [0.05, 0.1) is 0 Å². The average Bonchev–Trinajstić information content (AvgIpc) is 2.72. The van der Waals surface area contributed by atoms with Crippen molar-refractivity contribution in [3.8, 4) is 0 Å². The summed E-state index contributed by atoms with van der Waals surface area (Å²) in [6.07, 6.45) is 1.35. The van der Waals surface area contributed by atoms with Gasteiger partial charge in [-0.1, -0.05) is 0 Å². The second-order valence-corrected chi connectivity index (χ2v) is 6.41. The summed E-state index contributed by atoms with van der Waals surface area (Å²) in [5.74, 6) is -0.777. The van der Waals surface area contributed by atoms with Crippen molar-refractivity contribution < 1.29 is 19.4 Å². The number of ether oxygens (including phenoxy) is 1. The van der Waals surface area contributed by atoms with Crippen molar-refractivity contribution in [1.29, 1.82) is 0 Å². The molecule has 1 amide bonds. The number of hydrogen-bond acceptors (Lipinski definition) is 4. The minimum Gasteiger partial charge on any atom is -0.481 e. The number of carboxylic acids is 1. The minimum absolute atomic E-state index is 0.134. The highest BCUT2D eigenvalue weighted by Crippen LogP contribution is 2.16. The molecule has 20 heavy (non-hydrogen) atoms. The first-order valence-electron chi connectivity index (χ1n) is 7.13. The number of carboxylic acid groups (broad SMARTS) is 1. The third-order valence-electron chi connectivity index (χ3n) is 3.15. The summed E-state index contributed by atoms with van der Waals surface area (Å²) in [6, 6.07) is 0.348. The molecule has 1 saturated heterocycles. The van der Waals surface area contributed by atoms with Crippen molar-refractivity contribution >= 4 is 12.1 Å². The number of nitrogens with one attached hydrogen (secondary N) is 1. The van der Waals surface area contributed by atoms with E-state index >= 15 is 0 Å². The first-order chi connectivity index (χ1) is 9.17. The molecule has 1 rings (SSSR count). The van der Waals surface area contributed by atoms with E-state index in [4.69, 9.17) is 9.84 Å². The molecule has 0 spiro atoms. The maximum Gasteiger partial charge on any atom is 0.410 e. The second-order valence-electron chi connectivity index (χ2n) is 6.41. The van der Waals surface area contributed by atoms with E-state index in [-0.39, 0.29) is 24.6 Å². The quantitative estimate of drug-likeness (QED) is 0.806. The number of hydrogen-bond donors (Lipinski definition) is 2. The van der Waals surface area contributed by atoms with Crippen molar-refractivity contribution in [2.75, 3.05) is 13.1 Å². The van der Waals surface area contributed by atoms with Crippen LogP contribution in [0.5, 0.6) is 0 Å². The van der Waals surface area contributed by atoms with Gasteiger partial charge in [-0.15, -0.1) is 0 Å². The lowest BCUT2D eigenvalue weighted by Gasteiger charge is -2.25. The maximum absolute atomic E-state index is 11.9. The van der Waals surface area contributed by atoms with E-state index in [0.717, 1.165) is 6.42 Å². The van der Waals surface area contributed by atoms with Crippen LogP contribution in [-0.4, -0.2) is 52.8 Å². The molecule has 0 radical (unpaired) electrons. The molecule has 0 aliphatic carbocycles. The fourth-order valence-corrected chi connectivity index (χ4v) is 2.21. The highest BCUT2D eigenvalue weighted by atomic mass is 16.6. The zero-order valence-corrected chi connectivity index (χ0v) is 12.8. The molecule has 6 nitrogen and oxygen atoms in total. The van der Waals surface area contributed by atoms with E-state index in [1.807, 2.05) is 27.7 Å². The highest BCUT2D eigenvalue weighted by Gasteiger charge is 2.30. The second kappa shape index (κ2) is 6.92. The van der Waals surface area contributed by atoms with Crippen LogP contribution in [0, 0.1) is 0 Å². The van der Waals surface area contributed by atoms with Crippen LogP contribution in [0.15, 0.2) is 0 Å². The predicted molar refractivity (Wildman–Crippen MR) is 75.7 cm³/mol. The molecule has 2 N–H and O–H groups in total. The van der Waals surface area contributed by atoms with Gasteiger partial charge in [0.2, 0.25) is 0 Å². The van der Waals surface area contributed by atoms with E-state index in [1.54, 1.807) is 4.90 Å². The minimum atomic E-state index is -0.777. The monoisotopic (exact) mass is 286 g/mol. The molecule has 116 valence electrons. The van der Waals surface area contributed by atoms with Crippen molar-refractivity contribution in [2.45, 2.75) is 64.6 Å². The van der Waals surface area contributed by atoms with E-state index in [1.165, 1.54) is 0 Å². The number of carbonyl (C=O) groups excluding carboxylic acids is 1. The Morgan fingerprint density at radius 1 is 1.45 bits per heavy atom. The summed E-state index contributed by atoms with van der Waals surface area (Å²) in [5, 5.41) is 12.0. The first kappa shape index (κ1) is 16.8. The van der Waals surface area contributed by atoms with Crippen molar-refractivity contribution in [3.05, 3.63) is 0 Å². The summed E-state index contributed by atoms with van der Waals surface area (Å²) >= 11 is 0. The third kappa shape index (κ3) is 6.23. The smallest absolute Gasteiger partial charge is 0.410 e. The van der Waals surface area contributed by atoms with Crippen LogP contribution in [0.2, 0.25) is 0 Å². The van der Waals surface area contributed by atoms with Crippen LogP contribution in [0.3, 0.4) is 0 Å². The van der Waals surface area contributed by atoms with Crippen LogP contribution in [-0.2, 0) is 9.53 Å². The standard InChI is InChI=1S/C14H26N2O4/c1-10(5-6-12(17)18)15-11-7-8-16(9-11)13(19)20-14(2,3)4/h10-11,15H,5-9H2,1-4H3,(H,17,18). The van der Waals surface area contributed by atoms with Crippen LogP contribution < -0.4 is 5.32 Å². The molecule has 1 fully saturated rings. The zero-order chi connectivity index (χ0) is 15.3. The van der Waals surface area contributed by atoms with E-state index in [2.05, 4.69) is 5.32 Å². The SMILES string of the molecule is CC(CCC(=O)O)NC1CCN(C(=O)OC(C)(C)C)C1. The Morgan fingerprint density at radius 3 is 2.65 bits per heavy atom. The lowest BCUT2D eigenvalue weighted by atomic mass is 10.1. The molecule has 2 unspecified atom stereocenters. The summed E-state index contributed by atoms with van der Waals surface area (Å²) in [6.45, 7) is 8.82. The van der Waals surface area contributed by atoms with Gasteiger partial charge in [0.15, 0.2) is 0 Å². The van der Waals surface area contributed by atoms with Crippen LogP contribution in [0.4, 0.5) is 4.79 Å². The lowest BCUT2D eigenvalue weighted by molar-refractivity contribution is -0.137. The van der Waals surface area contributed by atoms with Gasteiger partial charge in [-0.3, -0.25) is 4.79 Å². The molecular formula is C14H26N2O4. The van der Waals surface area contributed by atoms with Crippen LogP contribution in [0.25, 0.3) is 0 Å². The molecule has 6 heteroatoms. The van der Waals surface area contributed by atoms with Gasteiger partial charge < -0.3 is 20.1 Å². The molecule has 0 saturated carbocycles. The predicted octanol–water partition coefficient (Wildman–Crippen LogP) is 1.84. The fraction of sp³-hybridized carbons (Fsp3) is 0.857. The number of rotatable bonds is 5. The van der Waals surface area contributed by atoms with Gasteiger partial charge >= 0.3 is 12.1 Å². The summed E-state index contributed by atoms with van der Waals surface area (Å²) in [5.41, 5.74) is -0.475. The molecule has 1 aliphatic rings. The number of likely N-dealkylation sites (tertiary alicyclic amines) is 1. The highest BCUT2D eigenvalue weighted by molar-refractivity contribution is 5.68. The van der Waals surface area contributed by atoms with E-state index in [0.29, 0.717) is 19.5 Å². The summed E-state index contributed by atoms with van der Waals surface area (Å²) < 4.78 is 5.34. The van der Waals surface area contributed by atoms with Crippen molar-refractivity contribution in [3.63, 3.8) is 0 Å². The van der Waals surface area contributed by atoms with Gasteiger partial charge in [-0.2, -0.15) is 0 Å². The normalized spacial score (nSPS) is 20.8. The van der Waals surface area contributed by atoms with Crippen molar-refractivity contribution in [2.24, 2.45) is 0 Å². The van der Waals surface area contributed by atoms with Gasteiger partial charge in [0, 0.05) is 31.6 Å². The van der Waals surface area contributed by atoms with Gasteiger partial charge in [-0.25, -0.2) is 4.79 Å².